The van der Waals surface area contributed by atoms with Gasteiger partial charge in [0, 0.05) is 18.8 Å². The van der Waals surface area contributed by atoms with Gasteiger partial charge >= 0.3 is 12.6 Å². The van der Waals surface area contributed by atoms with Gasteiger partial charge in [0.05, 0.1) is 17.2 Å². The summed E-state index contributed by atoms with van der Waals surface area (Å²) in [5.41, 5.74) is 1.57. The molecule has 1 saturated heterocycles. The average Bonchev–Trinajstić information content (AvgIpc) is 2.69. The molecule has 1 fully saturated rings. The minimum Gasteiger partial charge on any atom is -0.481 e. The van der Waals surface area contributed by atoms with E-state index in [2.05, 4.69) is 10.1 Å². The summed E-state index contributed by atoms with van der Waals surface area (Å²) < 4.78 is 28.8. The highest BCUT2D eigenvalue weighted by atomic mass is 19.3. The van der Waals surface area contributed by atoms with E-state index >= 15 is 0 Å². The van der Waals surface area contributed by atoms with Crippen LogP contribution < -0.4 is 10.1 Å². The fourth-order valence-corrected chi connectivity index (χ4v) is 3.19. The van der Waals surface area contributed by atoms with E-state index in [0.29, 0.717) is 36.3 Å². The van der Waals surface area contributed by atoms with Gasteiger partial charge in [0.2, 0.25) is 0 Å². The lowest BCUT2D eigenvalue weighted by molar-refractivity contribution is -0.143. The van der Waals surface area contributed by atoms with E-state index in [1.54, 1.807) is 41.3 Å². The minimum absolute atomic E-state index is 0.0398. The van der Waals surface area contributed by atoms with Gasteiger partial charge in [-0.05, 0) is 49.2 Å². The molecule has 28 heavy (non-hydrogen) atoms. The Morgan fingerprint density at radius 3 is 2.54 bits per heavy atom. The number of rotatable bonds is 6. The van der Waals surface area contributed by atoms with Crippen molar-refractivity contribution in [3.05, 3.63) is 54.1 Å². The van der Waals surface area contributed by atoms with Crippen molar-refractivity contribution < 1.29 is 28.2 Å². The lowest BCUT2D eigenvalue weighted by atomic mass is 9.97. The number of hydrogen-bond donors (Lipinski definition) is 2. The molecule has 2 N–H and O–H groups in total. The summed E-state index contributed by atoms with van der Waals surface area (Å²) in [6, 6.07) is 12.8. The second-order valence-corrected chi connectivity index (χ2v) is 6.50. The molecular weight excluding hydrogens is 370 g/mol. The van der Waals surface area contributed by atoms with Gasteiger partial charge in [-0.3, -0.25) is 9.59 Å². The SMILES string of the molecule is O=C(O)C1CCCN(C(=O)c2ccccc2Nc2ccc(OC(F)F)cc2)C1. The lowest BCUT2D eigenvalue weighted by Gasteiger charge is -2.31. The normalized spacial score (nSPS) is 16.7. The second kappa shape index (κ2) is 8.69. The quantitative estimate of drug-likeness (QED) is 0.780. The Morgan fingerprint density at radius 1 is 1.14 bits per heavy atom. The number of aliphatic carboxylic acids is 1. The zero-order valence-corrected chi connectivity index (χ0v) is 15.0. The number of nitrogens with zero attached hydrogens (tertiary/aromatic N) is 1. The van der Waals surface area contributed by atoms with Gasteiger partial charge < -0.3 is 20.1 Å². The van der Waals surface area contributed by atoms with Gasteiger partial charge in [-0.1, -0.05) is 12.1 Å². The molecule has 1 aliphatic rings. The van der Waals surface area contributed by atoms with Crippen LogP contribution >= 0.6 is 0 Å². The number of carboxylic acid groups (broad SMARTS) is 1. The van der Waals surface area contributed by atoms with E-state index in [-0.39, 0.29) is 18.2 Å². The number of piperidine rings is 1. The third kappa shape index (κ3) is 4.76. The molecule has 2 aromatic carbocycles. The zero-order chi connectivity index (χ0) is 20.1. The van der Waals surface area contributed by atoms with Crippen LogP contribution in [-0.4, -0.2) is 41.6 Å². The second-order valence-electron chi connectivity index (χ2n) is 6.50. The minimum atomic E-state index is -2.89. The molecule has 0 spiro atoms. The lowest BCUT2D eigenvalue weighted by Crippen LogP contribution is -2.42. The Bertz CT molecular complexity index is 842. The van der Waals surface area contributed by atoms with Gasteiger partial charge in [-0.15, -0.1) is 0 Å². The molecule has 0 aliphatic carbocycles. The van der Waals surface area contributed by atoms with Crippen LogP contribution in [-0.2, 0) is 4.79 Å². The third-order valence-corrected chi connectivity index (χ3v) is 4.57. The molecule has 0 bridgehead atoms. The number of alkyl halides is 2. The first kappa shape index (κ1) is 19.6. The summed E-state index contributed by atoms with van der Waals surface area (Å²) in [4.78, 5) is 25.8. The number of carboxylic acids is 1. The summed E-state index contributed by atoms with van der Waals surface area (Å²) in [6.45, 7) is -2.20. The number of para-hydroxylation sites is 1. The molecule has 0 aromatic heterocycles. The first-order chi connectivity index (χ1) is 13.4. The highest BCUT2D eigenvalue weighted by Gasteiger charge is 2.29. The number of carbonyl (C=O) groups excluding carboxylic acids is 1. The van der Waals surface area contributed by atoms with E-state index in [4.69, 9.17) is 0 Å². The van der Waals surface area contributed by atoms with Crippen LogP contribution in [0.5, 0.6) is 5.75 Å². The van der Waals surface area contributed by atoms with Crippen molar-refractivity contribution in [1.29, 1.82) is 0 Å². The smallest absolute Gasteiger partial charge is 0.387 e. The highest BCUT2D eigenvalue weighted by molar-refractivity contribution is 6.00. The number of anilines is 2. The summed E-state index contributed by atoms with van der Waals surface area (Å²) >= 11 is 0. The van der Waals surface area contributed by atoms with Crippen LogP contribution in [0.25, 0.3) is 0 Å². The van der Waals surface area contributed by atoms with Crippen molar-refractivity contribution in [2.24, 2.45) is 5.92 Å². The van der Waals surface area contributed by atoms with Crippen LogP contribution in [0, 0.1) is 5.92 Å². The van der Waals surface area contributed by atoms with Crippen LogP contribution in [0.3, 0.4) is 0 Å². The number of amides is 1. The maximum absolute atomic E-state index is 12.9. The highest BCUT2D eigenvalue weighted by Crippen LogP contribution is 2.26. The fourth-order valence-electron chi connectivity index (χ4n) is 3.19. The van der Waals surface area contributed by atoms with Crippen LogP contribution in [0.1, 0.15) is 23.2 Å². The topological polar surface area (TPSA) is 78.9 Å². The van der Waals surface area contributed by atoms with Crippen molar-refractivity contribution in [1.82, 2.24) is 4.90 Å². The standard InChI is InChI=1S/C20H20F2N2O4/c21-20(22)28-15-9-7-14(8-10-15)23-17-6-2-1-5-16(17)18(25)24-11-3-4-13(12-24)19(26)27/h1-2,5-10,13,20,23H,3-4,11-12H2,(H,26,27). The Balaban J connectivity index is 1.75. The monoisotopic (exact) mass is 390 g/mol. The number of nitrogens with one attached hydrogen (secondary N) is 1. The van der Waals surface area contributed by atoms with Crippen molar-refractivity contribution >= 4 is 23.3 Å². The van der Waals surface area contributed by atoms with E-state index in [1.807, 2.05) is 0 Å². The van der Waals surface area contributed by atoms with E-state index in [0.717, 1.165) is 0 Å². The first-order valence-electron chi connectivity index (χ1n) is 8.87. The molecule has 3 rings (SSSR count). The molecule has 2 aromatic rings. The zero-order valence-electron chi connectivity index (χ0n) is 15.0. The Hall–Kier alpha value is -3.16. The van der Waals surface area contributed by atoms with Gasteiger partial charge in [0.1, 0.15) is 5.75 Å². The molecule has 1 aliphatic heterocycles. The van der Waals surface area contributed by atoms with Gasteiger partial charge in [0.25, 0.3) is 5.91 Å². The predicted octanol–water partition coefficient (Wildman–Crippen LogP) is 3.97. The Morgan fingerprint density at radius 2 is 1.86 bits per heavy atom. The molecule has 1 unspecified atom stereocenters. The number of carbonyl (C=O) groups is 2. The van der Waals surface area contributed by atoms with Crippen LogP contribution in [0.4, 0.5) is 20.2 Å². The molecule has 6 nitrogen and oxygen atoms in total. The molecule has 0 radical (unpaired) electrons. The molecule has 1 amide bonds. The van der Waals surface area contributed by atoms with E-state index < -0.39 is 18.5 Å². The summed E-state index contributed by atoms with van der Waals surface area (Å²) in [5.74, 6) is -1.65. The molecule has 148 valence electrons. The van der Waals surface area contributed by atoms with Crippen LogP contribution in [0.2, 0.25) is 0 Å². The molecule has 0 saturated carbocycles. The predicted molar refractivity (Wildman–Crippen MR) is 99.1 cm³/mol. The van der Waals surface area contributed by atoms with Gasteiger partial charge in [-0.25, -0.2) is 0 Å². The van der Waals surface area contributed by atoms with Crippen molar-refractivity contribution in [2.45, 2.75) is 19.5 Å². The van der Waals surface area contributed by atoms with Gasteiger partial charge in [-0.2, -0.15) is 8.78 Å². The van der Waals surface area contributed by atoms with Crippen LogP contribution in [0.15, 0.2) is 48.5 Å². The maximum Gasteiger partial charge on any atom is 0.387 e. The Labute approximate surface area is 160 Å². The Kier molecular flexibility index (Phi) is 6.08. The van der Waals surface area contributed by atoms with E-state index in [9.17, 15) is 23.5 Å². The summed E-state index contributed by atoms with van der Waals surface area (Å²) in [6.07, 6.45) is 1.20. The summed E-state index contributed by atoms with van der Waals surface area (Å²) in [7, 11) is 0. The maximum atomic E-state index is 12.9. The number of likely N-dealkylation sites (tertiary alicyclic amines) is 1. The number of ether oxygens (including phenoxy) is 1. The summed E-state index contributed by atoms with van der Waals surface area (Å²) in [5, 5.41) is 12.3. The van der Waals surface area contributed by atoms with Crippen molar-refractivity contribution in [3.8, 4) is 5.75 Å². The molecular formula is C20H20F2N2O4. The molecule has 1 atom stereocenters. The fraction of sp³-hybridized carbons (Fsp3) is 0.300. The number of hydrogen-bond acceptors (Lipinski definition) is 4. The molecule has 8 heteroatoms. The number of benzene rings is 2. The third-order valence-electron chi connectivity index (χ3n) is 4.57. The van der Waals surface area contributed by atoms with Gasteiger partial charge in [0.15, 0.2) is 0 Å². The van der Waals surface area contributed by atoms with E-state index in [1.165, 1.54) is 12.1 Å². The van der Waals surface area contributed by atoms with Crippen molar-refractivity contribution in [3.63, 3.8) is 0 Å². The number of halogens is 2. The first-order valence-corrected chi connectivity index (χ1v) is 8.87. The largest absolute Gasteiger partial charge is 0.481 e. The van der Waals surface area contributed by atoms with Crippen molar-refractivity contribution in [2.75, 3.05) is 18.4 Å². The molecule has 1 heterocycles. The average molecular weight is 390 g/mol.